The fourth-order valence-electron chi connectivity index (χ4n) is 1.42. The summed E-state index contributed by atoms with van der Waals surface area (Å²) in [5.74, 6) is -1.39. The number of sulfonamides is 1. The molecule has 0 aromatic heterocycles. The molecule has 10 heteroatoms. The lowest BCUT2D eigenvalue weighted by Gasteiger charge is -2.21. The molecule has 0 unspecified atom stereocenters. The van der Waals surface area contributed by atoms with Crippen LogP contribution in [0.15, 0.2) is 17.0 Å². The van der Waals surface area contributed by atoms with Crippen molar-refractivity contribution in [2.24, 2.45) is 0 Å². The van der Waals surface area contributed by atoms with E-state index in [1.54, 1.807) is 0 Å². The van der Waals surface area contributed by atoms with Crippen molar-refractivity contribution in [2.75, 3.05) is 0 Å². The van der Waals surface area contributed by atoms with Crippen molar-refractivity contribution >= 4 is 33.3 Å². The highest BCUT2D eigenvalue weighted by molar-refractivity contribution is 7.89. The molecule has 0 saturated heterocycles. The van der Waals surface area contributed by atoms with Gasteiger partial charge in [0.15, 0.2) is 0 Å². The number of rotatable bonds is 5. The first kappa shape index (κ1) is 17.3. The molecule has 0 aliphatic heterocycles. The fraction of sp³-hybridized carbons (Fsp3) is 0.364. The van der Waals surface area contributed by atoms with E-state index in [9.17, 15) is 23.3 Å². The number of carboxylic acid groups (broad SMARTS) is 1. The Morgan fingerprint density at radius 2 is 1.95 bits per heavy atom. The number of aliphatic carboxylic acids is 1. The molecule has 0 atom stereocenters. The zero-order valence-electron chi connectivity index (χ0n) is 11.4. The summed E-state index contributed by atoms with van der Waals surface area (Å²) in [4.78, 5) is 20.6. The Balaban J connectivity index is 3.40. The highest BCUT2D eigenvalue weighted by Crippen LogP contribution is 2.29. The first-order valence-corrected chi connectivity index (χ1v) is 7.46. The number of benzene rings is 1. The maximum atomic E-state index is 12.1. The van der Waals surface area contributed by atoms with Crippen LogP contribution >= 0.6 is 11.6 Å². The minimum atomic E-state index is -4.28. The fourth-order valence-corrected chi connectivity index (χ4v) is 3.12. The summed E-state index contributed by atoms with van der Waals surface area (Å²) >= 11 is 5.79. The number of carboxylic acids is 1. The van der Waals surface area contributed by atoms with Crippen molar-refractivity contribution in [3.8, 4) is 0 Å². The minimum absolute atomic E-state index is 0.0993. The predicted molar refractivity (Wildman–Crippen MR) is 74.9 cm³/mol. The van der Waals surface area contributed by atoms with E-state index in [2.05, 4.69) is 0 Å². The number of nitrogens with one attached hydrogen (secondary N) is 1. The highest BCUT2D eigenvalue weighted by Gasteiger charge is 2.34. The summed E-state index contributed by atoms with van der Waals surface area (Å²) in [7, 11) is -4.28. The van der Waals surface area contributed by atoms with Crippen LogP contribution in [-0.2, 0) is 14.8 Å². The van der Waals surface area contributed by atoms with Gasteiger partial charge in [0, 0.05) is 11.6 Å². The van der Waals surface area contributed by atoms with Crippen LogP contribution in [0.25, 0.3) is 0 Å². The Labute approximate surface area is 125 Å². The van der Waals surface area contributed by atoms with Gasteiger partial charge in [-0.3, -0.25) is 14.9 Å². The Morgan fingerprint density at radius 1 is 1.43 bits per heavy atom. The Morgan fingerprint density at radius 3 is 2.38 bits per heavy atom. The van der Waals surface area contributed by atoms with Crippen LogP contribution in [0.5, 0.6) is 0 Å². The lowest BCUT2D eigenvalue weighted by molar-refractivity contribution is -0.385. The molecule has 0 radical (unpaired) electrons. The summed E-state index contributed by atoms with van der Waals surface area (Å²) in [6.45, 7) is 3.68. The van der Waals surface area contributed by atoms with E-state index in [0.29, 0.717) is 0 Å². The van der Waals surface area contributed by atoms with Crippen molar-refractivity contribution in [1.82, 2.24) is 4.72 Å². The number of carbonyl (C=O) groups is 1. The Bertz CT molecular complexity index is 714. The third-order valence-electron chi connectivity index (χ3n) is 2.72. The topological polar surface area (TPSA) is 127 Å². The van der Waals surface area contributed by atoms with Crippen LogP contribution < -0.4 is 4.72 Å². The standard InChI is InChI=1S/C11H13ClN2O6S/c1-6-8(12)4-7(5-9(6)14(17)18)21(19,20)13-11(2,3)10(15)16/h4-5,13H,1-3H3,(H,15,16). The zero-order valence-corrected chi connectivity index (χ0v) is 12.9. The van der Waals surface area contributed by atoms with Gasteiger partial charge in [0.1, 0.15) is 5.54 Å². The monoisotopic (exact) mass is 336 g/mol. The van der Waals surface area contributed by atoms with Crippen molar-refractivity contribution < 1.29 is 23.2 Å². The molecule has 0 spiro atoms. The molecule has 0 heterocycles. The molecule has 8 nitrogen and oxygen atoms in total. The summed E-state index contributed by atoms with van der Waals surface area (Å²) in [6.07, 6.45) is 0. The molecule has 2 N–H and O–H groups in total. The molecule has 0 fully saturated rings. The van der Waals surface area contributed by atoms with Crippen molar-refractivity contribution in [2.45, 2.75) is 31.2 Å². The van der Waals surface area contributed by atoms with E-state index in [0.717, 1.165) is 26.0 Å². The molecular weight excluding hydrogens is 324 g/mol. The van der Waals surface area contributed by atoms with E-state index >= 15 is 0 Å². The molecule has 0 amide bonds. The number of hydrogen-bond acceptors (Lipinski definition) is 5. The molecule has 1 aromatic rings. The minimum Gasteiger partial charge on any atom is -0.480 e. The van der Waals surface area contributed by atoms with Gasteiger partial charge in [-0.05, 0) is 26.8 Å². The number of nitrogens with zero attached hydrogens (tertiary/aromatic N) is 1. The lowest BCUT2D eigenvalue weighted by Crippen LogP contribution is -2.49. The Kier molecular flexibility index (Phi) is 4.61. The molecule has 0 aliphatic carbocycles. The number of halogens is 1. The maximum absolute atomic E-state index is 12.1. The van der Waals surface area contributed by atoms with E-state index in [-0.39, 0.29) is 10.6 Å². The van der Waals surface area contributed by atoms with Crippen LogP contribution in [0.3, 0.4) is 0 Å². The number of nitro groups is 1. The van der Waals surface area contributed by atoms with Crippen LogP contribution in [0, 0.1) is 17.0 Å². The highest BCUT2D eigenvalue weighted by atomic mass is 35.5. The smallest absolute Gasteiger partial charge is 0.324 e. The average Bonchev–Trinajstić information content (AvgIpc) is 2.30. The lowest BCUT2D eigenvalue weighted by atomic mass is 10.1. The van der Waals surface area contributed by atoms with Gasteiger partial charge in [-0.25, -0.2) is 8.42 Å². The van der Waals surface area contributed by atoms with Crippen molar-refractivity contribution in [3.63, 3.8) is 0 Å². The van der Waals surface area contributed by atoms with E-state index < -0.39 is 37.0 Å². The van der Waals surface area contributed by atoms with Crippen LogP contribution in [0.2, 0.25) is 5.02 Å². The molecule has 0 bridgehead atoms. The summed E-state index contributed by atoms with van der Waals surface area (Å²) in [5.41, 5.74) is -2.11. The second kappa shape index (κ2) is 5.58. The van der Waals surface area contributed by atoms with E-state index in [4.69, 9.17) is 16.7 Å². The van der Waals surface area contributed by atoms with Gasteiger partial charge in [0.25, 0.3) is 5.69 Å². The average molecular weight is 337 g/mol. The predicted octanol–water partition coefficient (Wildman–Crippen LogP) is 1.70. The molecule has 0 saturated carbocycles. The third kappa shape index (κ3) is 3.69. The van der Waals surface area contributed by atoms with Gasteiger partial charge < -0.3 is 5.11 Å². The second-order valence-corrected chi connectivity index (χ2v) is 6.93. The van der Waals surface area contributed by atoms with Gasteiger partial charge in [-0.1, -0.05) is 11.6 Å². The van der Waals surface area contributed by atoms with Gasteiger partial charge >= 0.3 is 5.97 Å². The molecule has 1 aromatic carbocycles. The summed E-state index contributed by atoms with van der Waals surface area (Å²) in [5, 5.41) is 19.7. The quantitative estimate of drug-likeness (QED) is 0.622. The van der Waals surface area contributed by atoms with Crippen LogP contribution in [-0.4, -0.2) is 30.0 Å². The molecule has 1 rings (SSSR count). The van der Waals surface area contributed by atoms with Crippen LogP contribution in [0.4, 0.5) is 5.69 Å². The summed E-state index contributed by atoms with van der Waals surface area (Å²) < 4.78 is 26.2. The SMILES string of the molecule is Cc1c(Cl)cc(S(=O)(=O)NC(C)(C)C(=O)O)cc1[N+](=O)[O-]. The normalized spacial score (nSPS) is 12.2. The van der Waals surface area contributed by atoms with Gasteiger partial charge in [0.2, 0.25) is 10.0 Å². The van der Waals surface area contributed by atoms with E-state index in [1.165, 1.54) is 6.92 Å². The first-order valence-electron chi connectivity index (χ1n) is 5.60. The first-order chi connectivity index (χ1) is 9.38. The molecule has 116 valence electrons. The van der Waals surface area contributed by atoms with E-state index in [1.807, 2.05) is 4.72 Å². The molecule has 21 heavy (non-hydrogen) atoms. The number of hydrogen-bond donors (Lipinski definition) is 2. The van der Waals surface area contributed by atoms with Gasteiger partial charge in [0.05, 0.1) is 14.8 Å². The van der Waals surface area contributed by atoms with Crippen LogP contribution in [0.1, 0.15) is 19.4 Å². The van der Waals surface area contributed by atoms with Gasteiger partial charge in [-0.2, -0.15) is 4.72 Å². The zero-order chi connectivity index (χ0) is 16.6. The van der Waals surface area contributed by atoms with Crippen molar-refractivity contribution in [1.29, 1.82) is 0 Å². The Hall–Kier alpha value is -1.71. The molecule has 0 aliphatic rings. The largest absolute Gasteiger partial charge is 0.480 e. The molecular formula is C11H13ClN2O6S. The van der Waals surface area contributed by atoms with Crippen molar-refractivity contribution in [3.05, 3.63) is 32.8 Å². The summed E-state index contributed by atoms with van der Waals surface area (Å²) in [6, 6.07) is 1.87. The number of nitro benzene ring substituents is 1. The second-order valence-electron chi connectivity index (χ2n) is 4.84. The maximum Gasteiger partial charge on any atom is 0.324 e. The van der Waals surface area contributed by atoms with Gasteiger partial charge in [-0.15, -0.1) is 0 Å². The third-order valence-corrected chi connectivity index (χ3v) is 4.75.